The minimum absolute atomic E-state index is 0.342. The van der Waals surface area contributed by atoms with Crippen LogP contribution in [0, 0.1) is 0 Å². The maximum Gasteiger partial charge on any atom is 0.214 e. The summed E-state index contributed by atoms with van der Waals surface area (Å²) in [6.07, 6.45) is 0. The van der Waals surface area contributed by atoms with Crippen molar-refractivity contribution in [3.05, 3.63) is 0 Å². The standard InChI is InChI=1S/C4H9NO2/c1-4(2)5-7-3-6/h6H,3H2,1-2H3. The predicted octanol–water partition coefficient (Wildman–Crippen LogP) is 0.349. The van der Waals surface area contributed by atoms with Gasteiger partial charge in [-0.25, -0.2) is 0 Å². The fourth-order valence-corrected chi connectivity index (χ4v) is 0.158. The highest BCUT2D eigenvalue weighted by atomic mass is 16.7. The van der Waals surface area contributed by atoms with Gasteiger partial charge in [0.25, 0.3) is 0 Å². The molecule has 0 unspecified atom stereocenters. The van der Waals surface area contributed by atoms with Gasteiger partial charge in [-0.2, -0.15) is 0 Å². The van der Waals surface area contributed by atoms with E-state index < -0.39 is 0 Å². The van der Waals surface area contributed by atoms with Crippen LogP contribution in [-0.4, -0.2) is 17.6 Å². The summed E-state index contributed by atoms with van der Waals surface area (Å²) in [5.41, 5.74) is 0.800. The van der Waals surface area contributed by atoms with Crippen LogP contribution in [0.1, 0.15) is 13.8 Å². The molecule has 0 aliphatic heterocycles. The Bertz CT molecular complexity index is 66.1. The van der Waals surface area contributed by atoms with E-state index in [1.807, 2.05) is 0 Å². The number of oxime groups is 1. The van der Waals surface area contributed by atoms with Crippen molar-refractivity contribution in [3.8, 4) is 0 Å². The van der Waals surface area contributed by atoms with Crippen LogP contribution < -0.4 is 0 Å². The van der Waals surface area contributed by atoms with E-state index in [0.717, 1.165) is 5.71 Å². The van der Waals surface area contributed by atoms with Gasteiger partial charge in [0.1, 0.15) is 0 Å². The minimum Gasteiger partial charge on any atom is -0.367 e. The first-order valence-electron chi connectivity index (χ1n) is 2.01. The Morgan fingerprint density at radius 1 is 1.71 bits per heavy atom. The summed E-state index contributed by atoms with van der Waals surface area (Å²) in [6, 6.07) is 0. The number of rotatable bonds is 2. The zero-order valence-corrected chi connectivity index (χ0v) is 4.51. The molecule has 7 heavy (non-hydrogen) atoms. The average Bonchev–Trinajstić information content (AvgIpc) is 1.61. The SMILES string of the molecule is CC(C)=NOCO. The molecule has 0 aliphatic rings. The monoisotopic (exact) mass is 103 g/mol. The lowest BCUT2D eigenvalue weighted by Crippen LogP contribution is -1.87. The van der Waals surface area contributed by atoms with Gasteiger partial charge in [-0.15, -0.1) is 0 Å². The number of hydrogen-bond acceptors (Lipinski definition) is 3. The van der Waals surface area contributed by atoms with E-state index in [2.05, 4.69) is 9.99 Å². The summed E-state index contributed by atoms with van der Waals surface area (Å²) in [5, 5.41) is 11.4. The maximum atomic E-state index is 7.99. The first-order chi connectivity index (χ1) is 3.27. The largest absolute Gasteiger partial charge is 0.367 e. The Morgan fingerprint density at radius 3 is 2.43 bits per heavy atom. The molecule has 42 valence electrons. The Kier molecular flexibility index (Phi) is 3.32. The Balaban J connectivity index is 3.08. The van der Waals surface area contributed by atoms with Crippen LogP contribution in [-0.2, 0) is 4.84 Å². The first kappa shape index (κ1) is 6.43. The Hall–Kier alpha value is -0.570. The molecule has 0 saturated carbocycles. The second kappa shape index (κ2) is 3.61. The second-order valence-corrected chi connectivity index (χ2v) is 1.30. The summed E-state index contributed by atoms with van der Waals surface area (Å²) >= 11 is 0. The lowest BCUT2D eigenvalue weighted by Gasteiger charge is -1.88. The quantitative estimate of drug-likeness (QED) is 0.311. The van der Waals surface area contributed by atoms with Crippen LogP contribution in [0.15, 0.2) is 5.16 Å². The number of aliphatic hydroxyl groups is 1. The minimum atomic E-state index is -0.342. The van der Waals surface area contributed by atoms with E-state index in [9.17, 15) is 0 Å². The summed E-state index contributed by atoms with van der Waals surface area (Å²) in [4.78, 5) is 4.24. The van der Waals surface area contributed by atoms with Gasteiger partial charge < -0.3 is 9.94 Å². The highest BCUT2D eigenvalue weighted by molar-refractivity contribution is 5.78. The van der Waals surface area contributed by atoms with Crippen LogP contribution in [0.3, 0.4) is 0 Å². The van der Waals surface area contributed by atoms with Crippen LogP contribution in [0.25, 0.3) is 0 Å². The Morgan fingerprint density at radius 2 is 2.29 bits per heavy atom. The van der Waals surface area contributed by atoms with Crippen LogP contribution in [0.5, 0.6) is 0 Å². The molecule has 0 saturated heterocycles. The molecule has 0 amide bonds. The molecule has 0 atom stereocenters. The van der Waals surface area contributed by atoms with Gasteiger partial charge in [0, 0.05) is 0 Å². The van der Waals surface area contributed by atoms with Crippen molar-refractivity contribution in [1.82, 2.24) is 0 Å². The number of hydrogen-bond donors (Lipinski definition) is 1. The maximum absolute atomic E-state index is 7.99. The number of aliphatic hydroxyl groups excluding tert-OH is 1. The van der Waals surface area contributed by atoms with Gasteiger partial charge in [0.2, 0.25) is 6.79 Å². The Labute approximate surface area is 42.6 Å². The molecule has 0 radical (unpaired) electrons. The molecule has 0 fully saturated rings. The molecule has 0 aromatic heterocycles. The third-order valence-corrected chi connectivity index (χ3v) is 0.305. The topological polar surface area (TPSA) is 41.8 Å². The molecule has 1 N–H and O–H groups in total. The smallest absolute Gasteiger partial charge is 0.214 e. The summed E-state index contributed by atoms with van der Waals surface area (Å²) in [5.74, 6) is 0. The van der Waals surface area contributed by atoms with Gasteiger partial charge in [-0.1, -0.05) is 5.16 Å². The van der Waals surface area contributed by atoms with Gasteiger partial charge in [-0.3, -0.25) is 0 Å². The average molecular weight is 103 g/mol. The molecular formula is C4H9NO2. The van der Waals surface area contributed by atoms with Crippen molar-refractivity contribution in [3.63, 3.8) is 0 Å². The van der Waals surface area contributed by atoms with E-state index in [4.69, 9.17) is 5.11 Å². The molecule has 3 nitrogen and oxygen atoms in total. The van der Waals surface area contributed by atoms with Gasteiger partial charge in [-0.05, 0) is 13.8 Å². The lowest BCUT2D eigenvalue weighted by atomic mass is 10.5. The first-order valence-corrected chi connectivity index (χ1v) is 2.01. The predicted molar refractivity (Wildman–Crippen MR) is 27.0 cm³/mol. The van der Waals surface area contributed by atoms with Crippen LogP contribution in [0.4, 0.5) is 0 Å². The fourth-order valence-electron chi connectivity index (χ4n) is 0.158. The van der Waals surface area contributed by atoms with E-state index in [1.165, 1.54) is 0 Å². The number of nitrogens with zero attached hydrogens (tertiary/aromatic N) is 1. The van der Waals surface area contributed by atoms with Crippen molar-refractivity contribution < 1.29 is 9.94 Å². The van der Waals surface area contributed by atoms with Crippen molar-refractivity contribution >= 4 is 5.71 Å². The molecule has 0 aliphatic carbocycles. The molecular weight excluding hydrogens is 94.0 g/mol. The molecule has 0 aromatic carbocycles. The summed E-state index contributed by atoms with van der Waals surface area (Å²) < 4.78 is 0. The van der Waals surface area contributed by atoms with E-state index in [1.54, 1.807) is 13.8 Å². The van der Waals surface area contributed by atoms with Gasteiger partial charge >= 0.3 is 0 Å². The van der Waals surface area contributed by atoms with Gasteiger partial charge in [0.15, 0.2) is 0 Å². The van der Waals surface area contributed by atoms with E-state index >= 15 is 0 Å². The van der Waals surface area contributed by atoms with Crippen molar-refractivity contribution in [2.75, 3.05) is 6.79 Å². The van der Waals surface area contributed by atoms with Crippen LogP contribution in [0.2, 0.25) is 0 Å². The zero-order valence-electron chi connectivity index (χ0n) is 4.51. The van der Waals surface area contributed by atoms with E-state index in [0.29, 0.717) is 0 Å². The normalized spacial score (nSPS) is 7.86. The molecule has 0 aromatic rings. The van der Waals surface area contributed by atoms with Crippen molar-refractivity contribution in [2.24, 2.45) is 5.16 Å². The molecule has 0 spiro atoms. The highest BCUT2D eigenvalue weighted by Crippen LogP contribution is 1.74. The third-order valence-electron chi connectivity index (χ3n) is 0.305. The van der Waals surface area contributed by atoms with Gasteiger partial charge in [0.05, 0.1) is 5.71 Å². The lowest BCUT2D eigenvalue weighted by molar-refractivity contribution is 0.00168. The third kappa shape index (κ3) is 5.43. The molecule has 0 rings (SSSR count). The second-order valence-electron chi connectivity index (χ2n) is 1.30. The van der Waals surface area contributed by atoms with Crippen molar-refractivity contribution in [1.29, 1.82) is 0 Å². The summed E-state index contributed by atoms with van der Waals surface area (Å²) in [6.45, 7) is 3.23. The van der Waals surface area contributed by atoms with Crippen LogP contribution >= 0.6 is 0 Å². The molecule has 0 bridgehead atoms. The van der Waals surface area contributed by atoms with Crippen molar-refractivity contribution in [2.45, 2.75) is 13.8 Å². The highest BCUT2D eigenvalue weighted by Gasteiger charge is 1.73. The fraction of sp³-hybridized carbons (Fsp3) is 0.750. The molecule has 0 heterocycles. The summed E-state index contributed by atoms with van der Waals surface area (Å²) in [7, 11) is 0. The molecule has 3 heteroatoms. The zero-order chi connectivity index (χ0) is 5.70. The van der Waals surface area contributed by atoms with E-state index in [-0.39, 0.29) is 6.79 Å².